The Balaban J connectivity index is 2.22. The van der Waals surface area contributed by atoms with Crippen molar-refractivity contribution >= 4 is 17.6 Å². The quantitative estimate of drug-likeness (QED) is 0.875. The first-order valence-corrected chi connectivity index (χ1v) is 7.50. The van der Waals surface area contributed by atoms with E-state index in [9.17, 15) is 14.7 Å². The molecular weight excluding hydrogens is 266 g/mol. The zero-order valence-corrected chi connectivity index (χ0v) is 12.9. The number of para-hydroxylation sites is 1. The molecule has 1 saturated carbocycles. The van der Waals surface area contributed by atoms with Crippen LogP contribution in [0.15, 0.2) is 30.3 Å². The van der Waals surface area contributed by atoms with Crippen molar-refractivity contribution in [2.75, 3.05) is 11.4 Å². The van der Waals surface area contributed by atoms with E-state index in [2.05, 4.69) is 6.92 Å². The molecule has 1 aliphatic carbocycles. The van der Waals surface area contributed by atoms with Crippen molar-refractivity contribution in [1.82, 2.24) is 0 Å². The number of amides is 1. The Morgan fingerprint density at radius 1 is 1.19 bits per heavy atom. The van der Waals surface area contributed by atoms with Gasteiger partial charge >= 0.3 is 5.97 Å². The van der Waals surface area contributed by atoms with E-state index in [1.54, 1.807) is 4.90 Å². The summed E-state index contributed by atoms with van der Waals surface area (Å²) in [5, 5.41) is 9.27. The Morgan fingerprint density at radius 3 is 2.29 bits per heavy atom. The molecule has 1 N–H and O–H groups in total. The van der Waals surface area contributed by atoms with Crippen LogP contribution in [0.4, 0.5) is 5.69 Å². The van der Waals surface area contributed by atoms with E-state index in [4.69, 9.17) is 0 Å². The minimum Gasteiger partial charge on any atom is -0.481 e. The summed E-state index contributed by atoms with van der Waals surface area (Å²) in [4.78, 5) is 25.8. The van der Waals surface area contributed by atoms with Crippen molar-refractivity contribution in [1.29, 1.82) is 0 Å². The number of unbranched alkanes of at least 4 members (excludes halogenated alkanes) is 1. The third kappa shape index (κ3) is 2.94. The number of aliphatic carboxylic acids is 1. The SMILES string of the molecule is CCCCN(C(=O)C1C(C(=O)O)C1(C)C)c1ccccc1. The third-order valence-electron chi connectivity index (χ3n) is 4.43. The molecule has 0 aromatic heterocycles. The zero-order chi connectivity index (χ0) is 15.6. The Hall–Kier alpha value is -1.84. The topological polar surface area (TPSA) is 57.6 Å². The van der Waals surface area contributed by atoms with E-state index in [0.717, 1.165) is 18.5 Å². The molecule has 0 radical (unpaired) electrons. The lowest BCUT2D eigenvalue weighted by atomic mass is 10.1. The van der Waals surface area contributed by atoms with Gasteiger partial charge in [-0.25, -0.2) is 0 Å². The van der Waals surface area contributed by atoms with Crippen LogP contribution in [0.25, 0.3) is 0 Å². The molecule has 4 heteroatoms. The molecule has 1 aromatic carbocycles. The predicted octanol–water partition coefficient (Wildman–Crippen LogP) is 3.18. The molecule has 0 heterocycles. The maximum atomic E-state index is 12.8. The van der Waals surface area contributed by atoms with Crippen molar-refractivity contribution in [3.05, 3.63) is 30.3 Å². The van der Waals surface area contributed by atoms with Gasteiger partial charge in [0.25, 0.3) is 0 Å². The number of hydrogen-bond donors (Lipinski definition) is 1. The molecule has 0 spiro atoms. The maximum absolute atomic E-state index is 12.8. The monoisotopic (exact) mass is 289 g/mol. The van der Waals surface area contributed by atoms with Gasteiger partial charge in [0.05, 0.1) is 11.8 Å². The molecule has 1 aromatic rings. The lowest BCUT2D eigenvalue weighted by molar-refractivity contribution is -0.140. The second-order valence-corrected chi connectivity index (χ2v) is 6.29. The highest BCUT2D eigenvalue weighted by Crippen LogP contribution is 2.59. The van der Waals surface area contributed by atoms with Crippen LogP contribution < -0.4 is 4.90 Å². The average molecular weight is 289 g/mol. The van der Waals surface area contributed by atoms with Crippen LogP contribution in [0, 0.1) is 17.3 Å². The Bertz CT molecular complexity index is 524. The fourth-order valence-corrected chi connectivity index (χ4v) is 3.02. The van der Waals surface area contributed by atoms with Gasteiger partial charge in [-0.3, -0.25) is 9.59 Å². The first-order valence-electron chi connectivity index (χ1n) is 7.50. The van der Waals surface area contributed by atoms with Gasteiger partial charge in [0.15, 0.2) is 0 Å². The highest BCUT2D eigenvalue weighted by Gasteiger charge is 2.66. The number of hydrogen-bond acceptors (Lipinski definition) is 2. The van der Waals surface area contributed by atoms with Crippen molar-refractivity contribution in [3.8, 4) is 0 Å². The van der Waals surface area contributed by atoms with Gasteiger partial charge in [-0.1, -0.05) is 45.4 Å². The summed E-state index contributed by atoms with van der Waals surface area (Å²) in [6, 6.07) is 9.51. The molecule has 21 heavy (non-hydrogen) atoms. The van der Waals surface area contributed by atoms with Crippen LogP contribution in [0.2, 0.25) is 0 Å². The number of benzene rings is 1. The van der Waals surface area contributed by atoms with E-state index in [1.807, 2.05) is 44.2 Å². The van der Waals surface area contributed by atoms with E-state index in [1.165, 1.54) is 0 Å². The number of anilines is 1. The highest BCUT2D eigenvalue weighted by atomic mass is 16.4. The summed E-state index contributed by atoms with van der Waals surface area (Å²) in [5.74, 6) is -1.93. The van der Waals surface area contributed by atoms with Gasteiger partial charge in [-0.15, -0.1) is 0 Å². The van der Waals surface area contributed by atoms with Crippen LogP contribution in [0.3, 0.4) is 0 Å². The lowest BCUT2D eigenvalue weighted by Crippen LogP contribution is -2.34. The summed E-state index contributed by atoms with van der Waals surface area (Å²) in [5.41, 5.74) is 0.394. The van der Waals surface area contributed by atoms with Crippen LogP contribution in [-0.2, 0) is 9.59 Å². The molecule has 1 amide bonds. The molecule has 1 aliphatic rings. The van der Waals surface area contributed by atoms with E-state index in [0.29, 0.717) is 6.54 Å². The number of carbonyl (C=O) groups is 2. The minimum atomic E-state index is -0.873. The molecule has 0 saturated heterocycles. The van der Waals surface area contributed by atoms with E-state index >= 15 is 0 Å². The smallest absolute Gasteiger partial charge is 0.307 e. The van der Waals surface area contributed by atoms with Crippen LogP contribution in [-0.4, -0.2) is 23.5 Å². The first kappa shape index (κ1) is 15.5. The summed E-state index contributed by atoms with van der Waals surface area (Å²) in [6.45, 7) is 6.43. The normalized spacial score (nSPS) is 22.6. The van der Waals surface area contributed by atoms with Gasteiger partial charge < -0.3 is 10.0 Å². The Morgan fingerprint density at radius 2 is 1.81 bits per heavy atom. The predicted molar refractivity (Wildman–Crippen MR) is 82.1 cm³/mol. The molecule has 2 rings (SSSR count). The van der Waals surface area contributed by atoms with Crippen LogP contribution in [0.1, 0.15) is 33.6 Å². The number of carboxylic acids is 1. The largest absolute Gasteiger partial charge is 0.481 e. The van der Waals surface area contributed by atoms with E-state index < -0.39 is 23.2 Å². The van der Waals surface area contributed by atoms with Crippen LogP contribution >= 0.6 is 0 Å². The lowest BCUT2D eigenvalue weighted by Gasteiger charge is -2.23. The number of rotatable bonds is 6. The third-order valence-corrected chi connectivity index (χ3v) is 4.43. The van der Waals surface area contributed by atoms with Gasteiger partial charge in [0, 0.05) is 12.2 Å². The van der Waals surface area contributed by atoms with E-state index in [-0.39, 0.29) is 5.91 Å². The molecule has 4 nitrogen and oxygen atoms in total. The molecular formula is C17H23NO3. The van der Waals surface area contributed by atoms with Gasteiger partial charge in [-0.2, -0.15) is 0 Å². The summed E-state index contributed by atoms with van der Waals surface area (Å²) >= 11 is 0. The molecule has 114 valence electrons. The van der Waals surface area contributed by atoms with Crippen molar-refractivity contribution < 1.29 is 14.7 Å². The average Bonchev–Trinajstić information content (AvgIpc) is 3.03. The van der Waals surface area contributed by atoms with Gasteiger partial charge in [-0.05, 0) is 24.0 Å². The maximum Gasteiger partial charge on any atom is 0.307 e. The van der Waals surface area contributed by atoms with Crippen LogP contribution in [0.5, 0.6) is 0 Å². The Kier molecular flexibility index (Phi) is 4.35. The standard InChI is InChI=1S/C17H23NO3/c1-4-5-11-18(12-9-7-6-8-10-12)15(19)13-14(16(20)21)17(13,2)3/h6-10,13-14H,4-5,11H2,1-3H3,(H,20,21). The molecule has 1 fully saturated rings. The first-order chi connectivity index (χ1) is 9.91. The number of nitrogens with zero attached hydrogens (tertiary/aromatic N) is 1. The summed E-state index contributed by atoms with van der Waals surface area (Å²) in [7, 11) is 0. The number of carboxylic acid groups (broad SMARTS) is 1. The molecule has 2 unspecified atom stereocenters. The van der Waals surface area contributed by atoms with Gasteiger partial charge in [0.2, 0.25) is 5.91 Å². The second kappa shape index (κ2) is 5.88. The van der Waals surface area contributed by atoms with Gasteiger partial charge in [0.1, 0.15) is 0 Å². The summed E-state index contributed by atoms with van der Waals surface area (Å²) < 4.78 is 0. The molecule has 0 aliphatic heterocycles. The summed E-state index contributed by atoms with van der Waals surface area (Å²) in [6.07, 6.45) is 1.90. The number of carbonyl (C=O) groups excluding carboxylic acids is 1. The molecule has 2 atom stereocenters. The minimum absolute atomic E-state index is 0.0629. The molecule has 0 bridgehead atoms. The highest BCUT2D eigenvalue weighted by molar-refractivity contribution is 6.01. The van der Waals surface area contributed by atoms with Crippen molar-refractivity contribution in [2.45, 2.75) is 33.6 Å². The van der Waals surface area contributed by atoms with Crippen molar-refractivity contribution in [2.24, 2.45) is 17.3 Å². The fourth-order valence-electron chi connectivity index (χ4n) is 3.02. The fraction of sp³-hybridized carbons (Fsp3) is 0.529. The zero-order valence-electron chi connectivity index (χ0n) is 12.9. The Labute approximate surface area is 125 Å². The van der Waals surface area contributed by atoms with Crippen molar-refractivity contribution in [3.63, 3.8) is 0 Å². The second-order valence-electron chi connectivity index (χ2n) is 6.29.